The number of fused-ring (bicyclic) bond motifs is 6. The molecule has 5 unspecified atom stereocenters. The summed E-state index contributed by atoms with van der Waals surface area (Å²) in [5, 5.41) is 8.18. The van der Waals surface area contributed by atoms with Gasteiger partial charge in [0.2, 0.25) is 0 Å². The first-order valence-electron chi connectivity index (χ1n) is 20.4. The van der Waals surface area contributed by atoms with Crippen molar-refractivity contribution in [3.05, 3.63) is 158 Å². The van der Waals surface area contributed by atoms with E-state index < -0.39 is 0 Å². The summed E-state index contributed by atoms with van der Waals surface area (Å²) in [5.41, 5.74) is 15.0. The third kappa shape index (κ3) is 5.28. The van der Waals surface area contributed by atoms with Crippen LogP contribution in [0.5, 0.6) is 0 Å². The highest BCUT2D eigenvalue weighted by atomic mass is 32.2. The van der Waals surface area contributed by atoms with Gasteiger partial charge >= 0.3 is 0 Å². The van der Waals surface area contributed by atoms with Crippen LogP contribution < -0.4 is 15.5 Å². The first kappa shape index (κ1) is 33.4. The van der Waals surface area contributed by atoms with Crippen LogP contribution in [0.15, 0.2) is 162 Å². The molecule has 9 aliphatic rings. The Labute approximate surface area is 329 Å². The largest absolute Gasteiger partial charge is 0.356 e. The van der Waals surface area contributed by atoms with E-state index in [-0.39, 0.29) is 23.8 Å². The molecule has 0 saturated heterocycles. The van der Waals surface area contributed by atoms with Gasteiger partial charge in [0, 0.05) is 48.2 Å². The molecule has 0 aromatic heterocycles. The van der Waals surface area contributed by atoms with E-state index in [1.807, 2.05) is 11.8 Å². The topological polar surface area (TPSA) is 27.3 Å². The van der Waals surface area contributed by atoms with Gasteiger partial charge in [-0.05, 0) is 121 Å². The number of hydrogen-bond acceptors (Lipinski definition) is 5. The Bertz CT molecular complexity index is 2280. The molecular weight excluding hydrogens is 695 g/mol. The van der Waals surface area contributed by atoms with Crippen LogP contribution in [0, 0.1) is 11.3 Å². The summed E-state index contributed by atoms with van der Waals surface area (Å²) in [6.07, 6.45) is 38.8. The Kier molecular flexibility index (Phi) is 8.12. The Morgan fingerprint density at radius 2 is 1.80 bits per heavy atom. The molecule has 54 heavy (non-hydrogen) atoms. The Hall–Kier alpha value is -3.90. The second-order valence-electron chi connectivity index (χ2n) is 16.9. The van der Waals surface area contributed by atoms with Crippen LogP contribution in [-0.4, -0.2) is 18.4 Å². The molecule has 5 heteroatoms. The van der Waals surface area contributed by atoms with Gasteiger partial charge in [0.25, 0.3) is 0 Å². The average Bonchev–Trinajstić information content (AvgIpc) is 3.68. The average molecular weight is 744 g/mol. The molecule has 0 spiro atoms. The van der Waals surface area contributed by atoms with Crippen molar-refractivity contribution in [3.63, 3.8) is 0 Å². The number of allylic oxidation sites excluding steroid dienone is 15. The number of thioether (sulfide) groups is 2. The van der Waals surface area contributed by atoms with Gasteiger partial charge in [-0.15, -0.1) is 0 Å². The van der Waals surface area contributed by atoms with Crippen molar-refractivity contribution in [2.75, 3.05) is 4.90 Å². The minimum Gasteiger partial charge on any atom is -0.356 e. The maximum Gasteiger partial charge on any atom is 0.156 e. The highest BCUT2D eigenvalue weighted by Crippen LogP contribution is 2.63. The van der Waals surface area contributed by atoms with Gasteiger partial charge in [0.15, 0.2) is 6.29 Å². The third-order valence-electron chi connectivity index (χ3n) is 13.5. The van der Waals surface area contributed by atoms with Gasteiger partial charge in [-0.2, -0.15) is 0 Å². The van der Waals surface area contributed by atoms with E-state index in [2.05, 4.69) is 150 Å². The molecule has 2 N–H and O–H groups in total. The van der Waals surface area contributed by atoms with Crippen molar-refractivity contribution in [3.8, 4) is 11.1 Å². The smallest absolute Gasteiger partial charge is 0.156 e. The van der Waals surface area contributed by atoms with E-state index in [1.54, 1.807) is 32.1 Å². The van der Waals surface area contributed by atoms with E-state index in [4.69, 9.17) is 0 Å². The monoisotopic (exact) mass is 743 g/mol. The number of nitrogens with one attached hydrogen (secondary N) is 2. The molecule has 11 rings (SSSR count). The van der Waals surface area contributed by atoms with E-state index in [1.165, 1.54) is 62.7 Å². The molecule has 3 aliphatic heterocycles. The van der Waals surface area contributed by atoms with Crippen LogP contribution in [0.3, 0.4) is 0 Å². The molecule has 6 aliphatic carbocycles. The number of benzene rings is 2. The SMILES string of the molecule is CC1(C)C2=C(CCC=C2)C2=C1CCC1=C2Sc2c(cccc2-c2ccc3c(c2)C2C=CC=CC2N3C2NC(C3CC=CCC3)=CC(C3=CC=CCC3)N2)S1. The molecule has 0 bridgehead atoms. The fourth-order valence-corrected chi connectivity index (χ4v) is 13.5. The molecule has 3 nitrogen and oxygen atoms in total. The van der Waals surface area contributed by atoms with E-state index >= 15 is 0 Å². The maximum atomic E-state index is 4.10. The van der Waals surface area contributed by atoms with Gasteiger partial charge in [-0.1, -0.05) is 128 Å². The molecule has 272 valence electrons. The van der Waals surface area contributed by atoms with Crippen LogP contribution in [0.4, 0.5) is 5.69 Å². The van der Waals surface area contributed by atoms with Gasteiger partial charge < -0.3 is 10.2 Å². The highest BCUT2D eigenvalue weighted by Gasteiger charge is 2.45. The zero-order valence-electron chi connectivity index (χ0n) is 31.4. The van der Waals surface area contributed by atoms with Crippen molar-refractivity contribution in [1.82, 2.24) is 10.6 Å². The minimum absolute atomic E-state index is 0.00326. The summed E-state index contributed by atoms with van der Waals surface area (Å²) in [4.78, 5) is 8.64. The molecule has 0 fully saturated rings. The second-order valence-corrected chi connectivity index (χ2v) is 19.0. The fourth-order valence-electron chi connectivity index (χ4n) is 10.8. The number of nitrogens with zero attached hydrogens (tertiary/aromatic N) is 1. The lowest BCUT2D eigenvalue weighted by atomic mass is 9.77. The summed E-state index contributed by atoms with van der Waals surface area (Å²) >= 11 is 4.11. The van der Waals surface area contributed by atoms with Crippen molar-refractivity contribution in [1.29, 1.82) is 0 Å². The van der Waals surface area contributed by atoms with Crippen molar-refractivity contribution < 1.29 is 0 Å². The van der Waals surface area contributed by atoms with Gasteiger partial charge in [0.05, 0.1) is 12.1 Å². The Balaban J connectivity index is 0.957. The van der Waals surface area contributed by atoms with Crippen molar-refractivity contribution in [2.45, 2.75) is 106 Å². The first-order valence-corrected chi connectivity index (χ1v) is 22.0. The molecule has 5 atom stereocenters. The number of anilines is 1. The molecule has 0 radical (unpaired) electrons. The van der Waals surface area contributed by atoms with Crippen LogP contribution in [0.2, 0.25) is 0 Å². The molecule has 0 amide bonds. The van der Waals surface area contributed by atoms with Crippen molar-refractivity contribution >= 4 is 29.2 Å². The minimum atomic E-state index is 0.00326. The van der Waals surface area contributed by atoms with Crippen LogP contribution in [0.1, 0.15) is 83.1 Å². The zero-order valence-corrected chi connectivity index (χ0v) is 33.0. The normalized spacial score (nSPS) is 30.0. The van der Waals surface area contributed by atoms with E-state index in [0.717, 1.165) is 38.5 Å². The Morgan fingerprint density at radius 3 is 2.69 bits per heavy atom. The van der Waals surface area contributed by atoms with E-state index in [0.29, 0.717) is 11.8 Å². The number of hydrogen-bond donors (Lipinski definition) is 2. The summed E-state index contributed by atoms with van der Waals surface area (Å²) in [6, 6.07) is 14.9. The lowest BCUT2D eigenvalue weighted by Gasteiger charge is -2.44. The molecule has 2 aromatic rings. The lowest BCUT2D eigenvalue weighted by molar-refractivity contribution is 0.352. The summed E-state index contributed by atoms with van der Waals surface area (Å²) in [5.74, 6) is 0.853. The summed E-state index contributed by atoms with van der Waals surface area (Å²) in [7, 11) is 0. The van der Waals surface area contributed by atoms with Crippen LogP contribution in [-0.2, 0) is 0 Å². The highest BCUT2D eigenvalue weighted by molar-refractivity contribution is 8.09. The van der Waals surface area contributed by atoms with Gasteiger partial charge in [-0.25, -0.2) is 0 Å². The summed E-state index contributed by atoms with van der Waals surface area (Å²) < 4.78 is 0. The molecular formula is C49H49N3S2. The molecule has 0 saturated carbocycles. The zero-order chi connectivity index (χ0) is 36.0. The van der Waals surface area contributed by atoms with Crippen LogP contribution >= 0.6 is 23.5 Å². The number of rotatable bonds is 4. The standard InChI is InChI=1S/C49H49N3S2/c1-49(2)37-21-11-9-19-35(37)45-38(49)25-27-44-47(45)54-46-33(20-13-23-43(46)53-44)32-24-26-42-36(28-32)34-18-10-12-22-41(34)52(42)48-50-39(30-14-5-3-6-15-30)29-40(51-48)31-16-7-4-8-17-31/h3-5,7,10-14,18,20-24,26,28-29,31,34,39,41,48,50-51H,6,8-9,15-17,19,25,27H2,1-2H3. The molecule has 2 aromatic carbocycles. The fraction of sp³-hybridized carbons (Fsp3) is 0.347. The lowest BCUT2D eigenvalue weighted by Crippen LogP contribution is -2.62. The predicted octanol–water partition coefficient (Wildman–Crippen LogP) is 12.3. The van der Waals surface area contributed by atoms with Gasteiger partial charge in [0.1, 0.15) is 0 Å². The second kappa shape index (κ2) is 13.1. The van der Waals surface area contributed by atoms with Gasteiger partial charge in [-0.3, -0.25) is 5.32 Å². The quantitative estimate of drug-likeness (QED) is 0.304. The third-order valence-corrected chi connectivity index (χ3v) is 16.3. The predicted molar refractivity (Wildman–Crippen MR) is 228 cm³/mol. The first-order chi connectivity index (χ1) is 26.5. The maximum absolute atomic E-state index is 4.10. The van der Waals surface area contributed by atoms with Crippen molar-refractivity contribution in [2.24, 2.45) is 11.3 Å². The molecule has 3 heterocycles. The van der Waals surface area contributed by atoms with E-state index in [9.17, 15) is 0 Å². The Morgan fingerprint density at radius 1 is 0.870 bits per heavy atom. The summed E-state index contributed by atoms with van der Waals surface area (Å²) in [6.45, 7) is 4.94. The van der Waals surface area contributed by atoms with Crippen LogP contribution in [0.25, 0.3) is 11.1 Å².